The molecule has 5 heteroatoms. The fraction of sp³-hybridized carbons (Fsp3) is 0.600. The lowest BCUT2D eigenvalue weighted by molar-refractivity contribution is -0.115. The zero-order valence-corrected chi connectivity index (χ0v) is 5.72. The first-order chi connectivity index (χ1) is 4.63. The van der Waals surface area contributed by atoms with Gasteiger partial charge in [-0.05, 0) is 0 Å². The largest absolute Gasteiger partial charge is 0.448 e. The van der Waals surface area contributed by atoms with Crippen molar-refractivity contribution in [1.29, 1.82) is 0 Å². The molecule has 0 aliphatic carbocycles. The van der Waals surface area contributed by atoms with Crippen LogP contribution in [-0.4, -0.2) is 25.2 Å². The SMILES string of the molecule is CC(N)=O.O=C1NCCO1. The maximum Gasteiger partial charge on any atom is 0.407 e. The first-order valence-corrected chi connectivity index (χ1v) is 2.79. The molecule has 2 amide bonds. The molecule has 0 bridgehead atoms. The number of ether oxygens (including phenoxy) is 1. The average molecular weight is 146 g/mol. The number of hydrogen-bond donors (Lipinski definition) is 2. The minimum absolute atomic E-state index is 0.296. The molecule has 3 N–H and O–H groups in total. The van der Waals surface area contributed by atoms with Gasteiger partial charge in [-0.3, -0.25) is 4.79 Å². The number of alkyl carbamates (subject to hydrolysis) is 1. The van der Waals surface area contributed by atoms with E-state index >= 15 is 0 Å². The van der Waals surface area contributed by atoms with Gasteiger partial charge in [-0.2, -0.15) is 0 Å². The van der Waals surface area contributed by atoms with Crippen molar-refractivity contribution in [3.8, 4) is 0 Å². The quantitative estimate of drug-likeness (QED) is 0.470. The molecule has 0 spiro atoms. The zero-order valence-electron chi connectivity index (χ0n) is 5.72. The van der Waals surface area contributed by atoms with Gasteiger partial charge in [-0.15, -0.1) is 0 Å². The van der Waals surface area contributed by atoms with Crippen LogP contribution in [0.1, 0.15) is 6.92 Å². The Morgan fingerprint density at radius 3 is 2.40 bits per heavy atom. The van der Waals surface area contributed by atoms with Crippen LogP contribution in [0.5, 0.6) is 0 Å². The monoisotopic (exact) mass is 146 g/mol. The van der Waals surface area contributed by atoms with E-state index in [9.17, 15) is 9.59 Å². The number of cyclic esters (lactones) is 1. The van der Waals surface area contributed by atoms with Crippen molar-refractivity contribution in [2.24, 2.45) is 5.73 Å². The van der Waals surface area contributed by atoms with Crippen LogP contribution in [0, 0.1) is 0 Å². The molecule has 1 heterocycles. The number of carbonyl (C=O) groups is 2. The van der Waals surface area contributed by atoms with Gasteiger partial charge in [0.1, 0.15) is 6.61 Å². The summed E-state index contributed by atoms with van der Waals surface area (Å²) in [6.45, 7) is 2.50. The molecule has 1 rings (SSSR count). The van der Waals surface area contributed by atoms with E-state index in [0.29, 0.717) is 13.2 Å². The third-order valence-electron chi connectivity index (χ3n) is 0.605. The third kappa shape index (κ3) is 6.74. The molecule has 1 saturated heterocycles. The van der Waals surface area contributed by atoms with E-state index < -0.39 is 0 Å². The number of nitrogens with two attached hydrogens (primary N) is 1. The van der Waals surface area contributed by atoms with E-state index in [1.807, 2.05) is 0 Å². The summed E-state index contributed by atoms with van der Waals surface area (Å²) in [5.74, 6) is -0.333. The number of primary amides is 1. The summed E-state index contributed by atoms with van der Waals surface area (Å²) >= 11 is 0. The minimum atomic E-state index is -0.333. The summed E-state index contributed by atoms with van der Waals surface area (Å²) < 4.78 is 4.40. The van der Waals surface area contributed by atoms with Gasteiger partial charge in [0, 0.05) is 6.92 Å². The molecule has 58 valence electrons. The zero-order chi connectivity index (χ0) is 7.98. The number of carbonyl (C=O) groups excluding carboxylic acids is 2. The predicted octanol–water partition coefficient (Wildman–Crippen LogP) is -0.782. The highest BCUT2D eigenvalue weighted by atomic mass is 16.6. The molecule has 1 aliphatic heterocycles. The van der Waals surface area contributed by atoms with Gasteiger partial charge in [0.15, 0.2) is 0 Å². The highest BCUT2D eigenvalue weighted by Gasteiger charge is 2.06. The molecule has 1 fully saturated rings. The maximum atomic E-state index is 9.91. The average Bonchev–Trinajstić information content (AvgIpc) is 2.15. The Morgan fingerprint density at radius 1 is 1.80 bits per heavy atom. The number of amides is 2. The summed E-state index contributed by atoms with van der Waals surface area (Å²) in [7, 11) is 0. The minimum Gasteiger partial charge on any atom is -0.448 e. The smallest absolute Gasteiger partial charge is 0.407 e. The van der Waals surface area contributed by atoms with Gasteiger partial charge >= 0.3 is 6.09 Å². The third-order valence-corrected chi connectivity index (χ3v) is 0.605. The molecular weight excluding hydrogens is 136 g/mol. The highest BCUT2D eigenvalue weighted by Crippen LogP contribution is 1.82. The second kappa shape index (κ2) is 4.60. The van der Waals surface area contributed by atoms with Crippen molar-refractivity contribution in [2.45, 2.75) is 6.92 Å². The molecule has 0 atom stereocenters. The Hall–Kier alpha value is -1.26. The van der Waals surface area contributed by atoms with Crippen molar-refractivity contribution in [3.05, 3.63) is 0 Å². The summed E-state index contributed by atoms with van der Waals surface area (Å²) in [6.07, 6.45) is -0.296. The molecule has 0 aromatic carbocycles. The topological polar surface area (TPSA) is 81.4 Å². The van der Waals surface area contributed by atoms with E-state index in [1.54, 1.807) is 0 Å². The second-order valence-electron chi connectivity index (χ2n) is 1.67. The maximum absolute atomic E-state index is 9.91. The van der Waals surface area contributed by atoms with Crippen molar-refractivity contribution in [2.75, 3.05) is 13.2 Å². The lowest BCUT2D eigenvalue weighted by atomic mass is 10.7. The molecule has 0 radical (unpaired) electrons. The summed E-state index contributed by atoms with van der Waals surface area (Å²) in [6, 6.07) is 0. The van der Waals surface area contributed by atoms with Crippen LogP contribution in [0.25, 0.3) is 0 Å². The lowest BCUT2D eigenvalue weighted by Gasteiger charge is -1.80. The van der Waals surface area contributed by atoms with Crippen LogP contribution in [0.4, 0.5) is 4.79 Å². The van der Waals surface area contributed by atoms with Crippen LogP contribution in [0.3, 0.4) is 0 Å². The van der Waals surface area contributed by atoms with E-state index in [1.165, 1.54) is 6.92 Å². The van der Waals surface area contributed by atoms with Crippen molar-refractivity contribution >= 4 is 12.0 Å². The van der Waals surface area contributed by atoms with Crippen LogP contribution in [0.2, 0.25) is 0 Å². The molecule has 0 saturated carbocycles. The summed E-state index contributed by atoms with van der Waals surface area (Å²) in [4.78, 5) is 19.1. The standard InChI is InChI=1S/C3H5NO2.C2H5NO/c5-3-4-1-2-6-3;1-2(3)4/h1-2H2,(H,4,5);1H3,(H2,3,4). The molecule has 10 heavy (non-hydrogen) atoms. The van der Waals surface area contributed by atoms with Crippen LogP contribution < -0.4 is 11.1 Å². The van der Waals surface area contributed by atoms with Gasteiger partial charge in [-0.25, -0.2) is 4.79 Å². The molecule has 0 unspecified atom stereocenters. The summed E-state index contributed by atoms with van der Waals surface area (Å²) in [5, 5.41) is 2.46. The molecule has 0 aromatic heterocycles. The van der Waals surface area contributed by atoms with Gasteiger partial charge in [-0.1, -0.05) is 0 Å². The predicted molar refractivity (Wildman–Crippen MR) is 34.2 cm³/mol. The van der Waals surface area contributed by atoms with Crippen molar-refractivity contribution in [1.82, 2.24) is 5.32 Å². The van der Waals surface area contributed by atoms with Gasteiger partial charge < -0.3 is 15.8 Å². The van der Waals surface area contributed by atoms with Crippen molar-refractivity contribution < 1.29 is 14.3 Å². The van der Waals surface area contributed by atoms with E-state index in [4.69, 9.17) is 0 Å². The lowest BCUT2D eigenvalue weighted by Crippen LogP contribution is -2.11. The van der Waals surface area contributed by atoms with Crippen molar-refractivity contribution in [3.63, 3.8) is 0 Å². The Kier molecular flexibility index (Phi) is 4.02. The Balaban J connectivity index is 0.000000180. The van der Waals surface area contributed by atoms with Crippen LogP contribution >= 0.6 is 0 Å². The first kappa shape index (κ1) is 8.74. The molecule has 5 nitrogen and oxygen atoms in total. The fourth-order valence-corrected chi connectivity index (χ4v) is 0.348. The fourth-order valence-electron chi connectivity index (χ4n) is 0.348. The van der Waals surface area contributed by atoms with E-state index in [0.717, 1.165) is 0 Å². The normalized spacial score (nSPS) is 14.3. The molecule has 0 aromatic rings. The summed E-state index contributed by atoms with van der Waals surface area (Å²) in [5.41, 5.74) is 4.47. The van der Waals surface area contributed by atoms with Gasteiger partial charge in [0.2, 0.25) is 5.91 Å². The van der Waals surface area contributed by atoms with E-state index in [2.05, 4.69) is 15.8 Å². The number of rotatable bonds is 0. The Morgan fingerprint density at radius 2 is 2.30 bits per heavy atom. The van der Waals surface area contributed by atoms with Gasteiger partial charge in [0.25, 0.3) is 0 Å². The number of hydrogen-bond acceptors (Lipinski definition) is 3. The second-order valence-corrected chi connectivity index (χ2v) is 1.67. The Labute approximate surface area is 58.5 Å². The highest BCUT2D eigenvalue weighted by molar-refractivity contribution is 5.70. The molecular formula is C5H10N2O3. The van der Waals surface area contributed by atoms with Crippen LogP contribution in [0.15, 0.2) is 0 Å². The molecule has 1 aliphatic rings. The van der Waals surface area contributed by atoms with Crippen LogP contribution in [-0.2, 0) is 9.53 Å². The van der Waals surface area contributed by atoms with E-state index in [-0.39, 0.29) is 12.0 Å². The Bertz CT molecular complexity index is 123. The number of nitrogens with one attached hydrogen (secondary N) is 1. The first-order valence-electron chi connectivity index (χ1n) is 2.79. The van der Waals surface area contributed by atoms with Gasteiger partial charge in [0.05, 0.1) is 6.54 Å².